The zero-order valence-electron chi connectivity index (χ0n) is 18.7. The van der Waals surface area contributed by atoms with Crippen molar-refractivity contribution >= 4 is 23.6 Å². The van der Waals surface area contributed by atoms with Crippen LogP contribution in [0, 0.1) is 4.91 Å². The van der Waals surface area contributed by atoms with Crippen molar-refractivity contribution in [3.05, 3.63) is 40.3 Å². The molecular formula is C23H32N6O3. The van der Waals surface area contributed by atoms with Crippen LogP contribution >= 0.6 is 0 Å². The molecule has 172 valence electrons. The van der Waals surface area contributed by atoms with Crippen LogP contribution in [0.15, 0.2) is 29.4 Å². The number of hydrogen-bond acceptors (Lipinski definition) is 9. The molecular weight excluding hydrogens is 408 g/mol. The molecule has 0 amide bonds. The summed E-state index contributed by atoms with van der Waals surface area (Å²) >= 11 is 0. The number of rotatable bonds is 13. The first kappa shape index (κ1) is 23.6. The molecule has 9 heteroatoms. The molecule has 0 bridgehead atoms. The number of carbonyl (C=O) groups is 1. The molecule has 1 saturated heterocycles. The van der Waals surface area contributed by atoms with Crippen molar-refractivity contribution in [3.8, 4) is 6.01 Å². The summed E-state index contributed by atoms with van der Waals surface area (Å²) in [5.74, 6) is 0.143. The van der Waals surface area contributed by atoms with Crippen molar-refractivity contribution in [2.45, 2.75) is 52.1 Å². The summed E-state index contributed by atoms with van der Waals surface area (Å²) in [4.78, 5) is 35.5. The molecule has 2 aromatic rings. The van der Waals surface area contributed by atoms with Gasteiger partial charge in [0, 0.05) is 13.1 Å². The van der Waals surface area contributed by atoms with Crippen LogP contribution < -0.4 is 15.4 Å². The van der Waals surface area contributed by atoms with Gasteiger partial charge in [-0.25, -0.2) is 0 Å². The van der Waals surface area contributed by atoms with Crippen molar-refractivity contribution in [1.29, 1.82) is 0 Å². The third-order valence-corrected chi connectivity index (χ3v) is 5.51. The minimum Gasteiger partial charge on any atom is -0.463 e. The molecule has 1 aromatic heterocycles. The van der Waals surface area contributed by atoms with Gasteiger partial charge in [-0.2, -0.15) is 9.97 Å². The molecule has 1 aromatic carbocycles. The Kier molecular flexibility index (Phi) is 8.91. The van der Waals surface area contributed by atoms with Gasteiger partial charge in [-0.05, 0) is 48.7 Å². The molecule has 3 rings (SSSR count). The maximum absolute atomic E-state index is 11.5. The Balaban J connectivity index is 1.81. The predicted octanol–water partition coefficient (Wildman–Crippen LogP) is 3.83. The Morgan fingerprint density at radius 3 is 2.72 bits per heavy atom. The normalized spacial score (nSPS) is 13.8. The van der Waals surface area contributed by atoms with Crippen LogP contribution in [0.5, 0.6) is 6.01 Å². The Morgan fingerprint density at radius 2 is 2.00 bits per heavy atom. The highest BCUT2D eigenvalue weighted by Crippen LogP contribution is 2.34. The number of unbranched alkanes of at least 4 members (excludes halogenated alkanes) is 2. The van der Waals surface area contributed by atoms with E-state index >= 15 is 0 Å². The van der Waals surface area contributed by atoms with Gasteiger partial charge in [0.1, 0.15) is 6.29 Å². The number of nitrogens with zero attached hydrogens (tertiary/aromatic N) is 5. The number of carbonyl (C=O) groups excluding carboxylic acids is 1. The second-order valence-corrected chi connectivity index (χ2v) is 8.06. The highest BCUT2D eigenvalue weighted by Gasteiger charge is 2.21. The number of anilines is 2. The summed E-state index contributed by atoms with van der Waals surface area (Å²) in [6, 6.07) is 8.31. The van der Waals surface area contributed by atoms with Crippen molar-refractivity contribution < 1.29 is 9.53 Å². The zero-order chi connectivity index (χ0) is 22.8. The van der Waals surface area contributed by atoms with Gasteiger partial charge in [-0.3, -0.25) is 4.90 Å². The molecule has 1 fully saturated rings. The summed E-state index contributed by atoms with van der Waals surface area (Å²) in [5, 5.41) is 3.03. The van der Waals surface area contributed by atoms with E-state index in [-0.39, 0.29) is 29.9 Å². The van der Waals surface area contributed by atoms with Crippen molar-refractivity contribution in [2.24, 2.45) is 5.18 Å². The van der Waals surface area contributed by atoms with E-state index in [0.29, 0.717) is 13.2 Å². The monoisotopic (exact) mass is 440 g/mol. The van der Waals surface area contributed by atoms with Gasteiger partial charge in [0.15, 0.2) is 17.3 Å². The van der Waals surface area contributed by atoms with Crippen LogP contribution in [0.2, 0.25) is 0 Å². The minimum absolute atomic E-state index is 0.0323. The predicted molar refractivity (Wildman–Crippen MR) is 125 cm³/mol. The highest BCUT2D eigenvalue weighted by atomic mass is 16.5. The topological polar surface area (TPSA) is 114 Å². The lowest BCUT2D eigenvalue weighted by Gasteiger charge is -2.23. The fraction of sp³-hybridized carbons (Fsp3) is 0.522. The van der Waals surface area contributed by atoms with E-state index in [1.807, 2.05) is 12.1 Å². The lowest BCUT2D eigenvalue weighted by molar-refractivity contribution is -0.106. The molecule has 2 heterocycles. The zero-order valence-corrected chi connectivity index (χ0v) is 18.7. The van der Waals surface area contributed by atoms with E-state index in [1.54, 1.807) is 4.90 Å². The number of benzene rings is 1. The maximum atomic E-state index is 11.5. The first-order valence-electron chi connectivity index (χ1n) is 11.3. The minimum atomic E-state index is -0.0824. The van der Waals surface area contributed by atoms with E-state index in [2.05, 4.69) is 39.1 Å². The van der Waals surface area contributed by atoms with E-state index in [4.69, 9.17) is 10.5 Å². The van der Waals surface area contributed by atoms with Gasteiger partial charge >= 0.3 is 6.01 Å². The molecule has 1 aliphatic rings. The van der Waals surface area contributed by atoms with Gasteiger partial charge in [0.2, 0.25) is 0 Å². The Labute approximate surface area is 188 Å². The van der Waals surface area contributed by atoms with Crippen LogP contribution in [-0.2, 0) is 17.9 Å². The summed E-state index contributed by atoms with van der Waals surface area (Å²) in [5.41, 5.74) is 8.10. The second-order valence-electron chi connectivity index (χ2n) is 8.06. The number of nitrogens with two attached hydrogens (primary N) is 1. The lowest BCUT2D eigenvalue weighted by atomic mass is 10.1. The van der Waals surface area contributed by atoms with Crippen LogP contribution in [-0.4, -0.2) is 47.4 Å². The summed E-state index contributed by atoms with van der Waals surface area (Å²) in [6.07, 6.45) is 6.21. The summed E-state index contributed by atoms with van der Waals surface area (Å²) in [7, 11) is 0. The van der Waals surface area contributed by atoms with Crippen LogP contribution in [0.3, 0.4) is 0 Å². The largest absolute Gasteiger partial charge is 0.463 e. The number of hydrogen-bond donors (Lipinski definition) is 1. The molecule has 0 radical (unpaired) electrons. The van der Waals surface area contributed by atoms with E-state index in [0.717, 1.165) is 50.7 Å². The molecule has 32 heavy (non-hydrogen) atoms. The molecule has 0 spiro atoms. The number of aldehydes is 1. The first-order chi connectivity index (χ1) is 15.6. The van der Waals surface area contributed by atoms with Crippen LogP contribution in [0.1, 0.15) is 50.2 Å². The fourth-order valence-corrected chi connectivity index (χ4v) is 3.89. The third kappa shape index (κ3) is 6.46. The van der Waals surface area contributed by atoms with E-state index in [9.17, 15) is 9.70 Å². The standard InChI is InChI=1S/C23H32N6O3/c1-2-3-6-14-32-23-25-21(24)20(27-31)22(26-23)29(12-13-30)17-19-9-7-8-18(15-19)16-28-10-4-5-11-28/h7-9,13,15H,2-6,10-12,14,16-17H2,1H3,(H2,24,25,26). The SMILES string of the molecule is CCCCCOc1nc(N)c(N=O)c(N(CC=O)Cc2cccc(CN3CCCC3)c2)n1. The number of ether oxygens (including phenoxy) is 1. The number of aromatic nitrogens is 2. The average molecular weight is 441 g/mol. The molecule has 0 saturated carbocycles. The Hall–Kier alpha value is -3.07. The van der Waals surface area contributed by atoms with Gasteiger partial charge in [0.25, 0.3) is 0 Å². The van der Waals surface area contributed by atoms with Crippen LogP contribution in [0.4, 0.5) is 17.3 Å². The lowest BCUT2D eigenvalue weighted by Crippen LogP contribution is -2.26. The Bertz CT molecular complexity index is 901. The molecule has 1 aliphatic heterocycles. The highest BCUT2D eigenvalue weighted by molar-refractivity contribution is 5.75. The molecule has 2 N–H and O–H groups in total. The van der Waals surface area contributed by atoms with E-state index < -0.39 is 0 Å². The van der Waals surface area contributed by atoms with E-state index in [1.165, 1.54) is 18.4 Å². The molecule has 9 nitrogen and oxygen atoms in total. The number of nitroso groups, excluding NO2 is 1. The van der Waals surface area contributed by atoms with Gasteiger partial charge < -0.3 is 20.2 Å². The number of nitrogen functional groups attached to an aromatic ring is 1. The molecule has 0 unspecified atom stereocenters. The smallest absolute Gasteiger partial charge is 0.320 e. The summed E-state index contributed by atoms with van der Waals surface area (Å²) in [6.45, 7) is 6.11. The first-order valence-corrected chi connectivity index (χ1v) is 11.3. The fourth-order valence-electron chi connectivity index (χ4n) is 3.89. The average Bonchev–Trinajstić information content (AvgIpc) is 3.29. The molecule has 0 atom stereocenters. The molecule has 0 aliphatic carbocycles. The maximum Gasteiger partial charge on any atom is 0.320 e. The summed E-state index contributed by atoms with van der Waals surface area (Å²) < 4.78 is 5.63. The van der Waals surface area contributed by atoms with Crippen molar-refractivity contribution in [3.63, 3.8) is 0 Å². The van der Waals surface area contributed by atoms with Crippen molar-refractivity contribution in [2.75, 3.05) is 36.9 Å². The van der Waals surface area contributed by atoms with Gasteiger partial charge in [-0.15, -0.1) is 4.91 Å². The van der Waals surface area contributed by atoms with Gasteiger partial charge in [0.05, 0.1) is 13.2 Å². The second kappa shape index (κ2) is 12.1. The number of likely N-dealkylation sites (tertiary alicyclic amines) is 1. The van der Waals surface area contributed by atoms with Crippen LogP contribution in [0.25, 0.3) is 0 Å². The van der Waals surface area contributed by atoms with Crippen molar-refractivity contribution in [1.82, 2.24) is 14.9 Å². The quantitative estimate of drug-likeness (QED) is 0.284. The van der Waals surface area contributed by atoms with Gasteiger partial charge in [-0.1, -0.05) is 44.0 Å². The third-order valence-electron chi connectivity index (χ3n) is 5.51. The Morgan fingerprint density at radius 1 is 1.22 bits per heavy atom.